The molecule has 90 valence electrons. The van der Waals surface area contributed by atoms with E-state index in [0.29, 0.717) is 5.92 Å². The fraction of sp³-hybridized carbons (Fsp3) is 0.615. The topological polar surface area (TPSA) is 37.0 Å². The summed E-state index contributed by atoms with van der Waals surface area (Å²) in [7, 11) is 1.88. The predicted octanol–water partition coefficient (Wildman–Crippen LogP) is 3.22. The molecule has 0 bridgehead atoms. The number of aromatic nitrogens is 1. The van der Waals surface area contributed by atoms with E-state index in [1.807, 2.05) is 25.2 Å². The second kappa shape index (κ2) is 5.19. The van der Waals surface area contributed by atoms with Crippen LogP contribution in [-0.2, 0) is 0 Å². The van der Waals surface area contributed by atoms with Gasteiger partial charge in [0.2, 0.25) is 0 Å². The quantitative estimate of drug-likeness (QED) is 0.801. The van der Waals surface area contributed by atoms with Crippen molar-refractivity contribution in [2.24, 2.45) is 11.3 Å². The number of hydrogen-bond acceptors (Lipinski definition) is 3. The third-order valence-corrected chi connectivity index (χ3v) is 3.29. The van der Waals surface area contributed by atoms with E-state index in [-0.39, 0.29) is 5.41 Å². The molecule has 3 heteroatoms. The molecule has 0 aliphatic rings. The summed E-state index contributed by atoms with van der Waals surface area (Å²) in [5, 5.41) is 6.43. The summed E-state index contributed by atoms with van der Waals surface area (Å²) >= 11 is 0. The molecular formula is C13H23N3. The van der Waals surface area contributed by atoms with Gasteiger partial charge in [-0.3, -0.25) is 0 Å². The van der Waals surface area contributed by atoms with Gasteiger partial charge in [0.25, 0.3) is 0 Å². The molecule has 1 aromatic rings. The van der Waals surface area contributed by atoms with Crippen LogP contribution in [0.4, 0.5) is 11.6 Å². The third kappa shape index (κ3) is 3.40. The minimum atomic E-state index is 0.275. The van der Waals surface area contributed by atoms with Gasteiger partial charge >= 0.3 is 0 Å². The lowest BCUT2D eigenvalue weighted by atomic mass is 9.81. The van der Waals surface area contributed by atoms with Crippen molar-refractivity contribution in [3.8, 4) is 0 Å². The Morgan fingerprint density at radius 2 is 1.88 bits per heavy atom. The molecule has 1 heterocycles. The average molecular weight is 221 g/mol. The number of hydrogen-bond donors (Lipinski definition) is 2. The van der Waals surface area contributed by atoms with Crippen LogP contribution in [0, 0.1) is 11.3 Å². The summed E-state index contributed by atoms with van der Waals surface area (Å²) in [6.07, 6.45) is 0. The Hall–Kier alpha value is -1.25. The second-order valence-electron chi connectivity index (χ2n) is 5.15. The molecule has 0 saturated carbocycles. The SMILES string of the molecule is CNc1cccc(NCC(C)(C)C(C)C)n1. The standard InChI is InChI=1S/C13H23N3/c1-10(2)13(3,4)9-15-12-8-6-7-11(14-5)16-12/h6-8,10H,9H2,1-5H3,(H2,14,15,16). The van der Waals surface area contributed by atoms with Gasteiger partial charge in [0, 0.05) is 13.6 Å². The highest BCUT2D eigenvalue weighted by Crippen LogP contribution is 2.26. The molecule has 16 heavy (non-hydrogen) atoms. The molecule has 1 rings (SSSR count). The van der Waals surface area contributed by atoms with Gasteiger partial charge in [-0.2, -0.15) is 0 Å². The van der Waals surface area contributed by atoms with Crippen LogP contribution in [0.15, 0.2) is 18.2 Å². The zero-order valence-corrected chi connectivity index (χ0v) is 11.0. The van der Waals surface area contributed by atoms with Gasteiger partial charge in [0.05, 0.1) is 0 Å². The summed E-state index contributed by atoms with van der Waals surface area (Å²) in [5.41, 5.74) is 0.275. The molecular weight excluding hydrogens is 198 g/mol. The minimum Gasteiger partial charge on any atom is -0.373 e. The first-order valence-electron chi connectivity index (χ1n) is 5.84. The molecule has 0 radical (unpaired) electrons. The molecule has 0 atom stereocenters. The van der Waals surface area contributed by atoms with Crippen LogP contribution in [0.25, 0.3) is 0 Å². The molecule has 2 N–H and O–H groups in total. The van der Waals surface area contributed by atoms with Crippen LogP contribution < -0.4 is 10.6 Å². The largest absolute Gasteiger partial charge is 0.373 e. The van der Waals surface area contributed by atoms with E-state index in [1.54, 1.807) is 0 Å². The molecule has 0 unspecified atom stereocenters. The van der Waals surface area contributed by atoms with Crippen molar-refractivity contribution in [1.82, 2.24) is 4.98 Å². The maximum atomic E-state index is 4.43. The number of anilines is 2. The first kappa shape index (κ1) is 12.8. The zero-order valence-electron chi connectivity index (χ0n) is 11.0. The Morgan fingerprint density at radius 1 is 1.25 bits per heavy atom. The van der Waals surface area contributed by atoms with Gasteiger partial charge in [-0.25, -0.2) is 4.98 Å². The van der Waals surface area contributed by atoms with Crippen molar-refractivity contribution in [2.75, 3.05) is 24.2 Å². The van der Waals surface area contributed by atoms with Crippen LogP contribution in [0.5, 0.6) is 0 Å². The van der Waals surface area contributed by atoms with E-state index < -0.39 is 0 Å². The number of nitrogens with one attached hydrogen (secondary N) is 2. The van der Waals surface area contributed by atoms with E-state index in [0.717, 1.165) is 18.2 Å². The lowest BCUT2D eigenvalue weighted by Crippen LogP contribution is -2.28. The fourth-order valence-electron chi connectivity index (χ4n) is 1.19. The summed E-state index contributed by atoms with van der Waals surface area (Å²) < 4.78 is 0. The van der Waals surface area contributed by atoms with Gasteiger partial charge < -0.3 is 10.6 Å². The first-order valence-corrected chi connectivity index (χ1v) is 5.84. The molecule has 0 aliphatic carbocycles. The van der Waals surface area contributed by atoms with Crippen molar-refractivity contribution >= 4 is 11.6 Å². The van der Waals surface area contributed by atoms with Crippen LogP contribution in [0.2, 0.25) is 0 Å². The van der Waals surface area contributed by atoms with Crippen molar-refractivity contribution in [3.05, 3.63) is 18.2 Å². The fourth-order valence-corrected chi connectivity index (χ4v) is 1.19. The molecule has 3 nitrogen and oxygen atoms in total. The van der Waals surface area contributed by atoms with Crippen molar-refractivity contribution < 1.29 is 0 Å². The van der Waals surface area contributed by atoms with Crippen LogP contribution in [-0.4, -0.2) is 18.6 Å². The Labute approximate surface area is 98.7 Å². The monoisotopic (exact) mass is 221 g/mol. The zero-order chi connectivity index (χ0) is 12.2. The van der Waals surface area contributed by atoms with E-state index >= 15 is 0 Å². The van der Waals surface area contributed by atoms with Crippen LogP contribution in [0.3, 0.4) is 0 Å². The lowest BCUT2D eigenvalue weighted by molar-refractivity contribution is 0.269. The maximum absolute atomic E-state index is 4.43. The second-order valence-corrected chi connectivity index (χ2v) is 5.15. The van der Waals surface area contributed by atoms with E-state index in [9.17, 15) is 0 Å². The van der Waals surface area contributed by atoms with Crippen LogP contribution >= 0.6 is 0 Å². The van der Waals surface area contributed by atoms with Gasteiger partial charge in [-0.15, -0.1) is 0 Å². The summed E-state index contributed by atoms with van der Waals surface area (Å²) in [4.78, 5) is 4.43. The van der Waals surface area contributed by atoms with Gasteiger partial charge in [0.15, 0.2) is 0 Å². The van der Waals surface area contributed by atoms with Gasteiger partial charge in [-0.05, 0) is 23.5 Å². The number of rotatable bonds is 5. The molecule has 1 aromatic heterocycles. The molecule has 0 amide bonds. The Kier molecular flexibility index (Phi) is 4.16. The predicted molar refractivity (Wildman–Crippen MR) is 70.9 cm³/mol. The molecule has 0 spiro atoms. The Morgan fingerprint density at radius 3 is 2.44 bits per heavy atom. The maximum Gasteiger partial charge on any atom is 0.128 e. The molecule has 0 aliphatic heterocycles. The van der Waals surface area contributed by atoms with Crippen molar-refractivity contribution in [3.63, 3.8) is 0 Å². The molecule has 0 aromatic carbocycles. The van der Waals surface area contributed by atoms with E-state index in [1.165, 1.54) is 0 Å². The molecule has 0 fully saturated rings. The van der Waals surface area contributed by atoms with Crippen molar-refractivity contribution in [1.29, 1.82) is 0 Å². The number of nitrogens with zero attached hydrogens (tertiary/aromatic N) is 1. The van der Waals surface area contributed by atoms with Gasteiger partial charge in [0.1, 0.15) is 11.6 Å². The van der Waals surface area contributed by atoms with Crippen molar-refractivity contribution in [2.45, 2.75) is 27.7 Å². The van der Waals surface area contributed by atoms with Gasteiger partial charge in [-0.1, -0.05) is 33.8 Å². The average Bonchev–Trinajstić information content (AvgIpc) is 2.26. The molecule has 0 saturated heterocycles. The summed E-state index contributed by atoms with van der Waals surface area (Å²) in [6.45, 7) is 9.97. The lowest BCUT2D eigenvalue weighted by Gasteiger charge is -2.29. The van der Waals surface area contributed by atoms with E-state index in [2.05, 4.69) is 43.3 Å². The Balaban J connectivity index is 2.60. The minimum absolute atomic E-state index is 0.275. The van der Waals surface area contributed by atoms with Crippen LogP contribution in [0.1, 0.15) is 27.7 Å². The number of pyridine rings is 1. The normalized spacial score (nSPS) is 11.6. The third-order valence-electron chi connectivity index (χ3n) is 3.29. The summed E-state index contributed by atoms with van der Waals surface area (Å²) in [6, 6.07) is 5.96. The Bertz CT molecular complexity index is 332. The smallest absolute Gasteiger partial charge is 0.128 e. The highest BCUT2D eigenvalue weighted by Gasteiger charge is 2.21. The van der Waals surface area contributed by atoms with E-state index in [4.69, 9.17) is 0 Å². The first-order chi connectivity index (χ1) is 7.45. The summed E-state index contributed by atoms with van der Waals surface area (Å²) in [5.74, 6) is 2.47. The highest BCUT2D eigenvalue weighted by atomic mass is 15.1. The highest BCUT2D eigenvalue weighted by molar-refractivity contribution is 5.44.